The van der Waals surface area contributed by atoms with Crippen LogP contribution in [0.25, 0.3) is 0 Å². The number of hydrogen-bond donors (Lipinski definition) is 0. The Morgan fingerprint density at radius 3 is 2.31 bits per heavy atom. The van der Waals surface area contributed by atoms with Crippen LogP contribution in [0.3, 0.4) is 0 Å². The van der Waals surface area contributed by atoms with Gasteiger partial charge in [0.15, 0.2) is 0 Å². The highest BCUT2D eigenvalue weighted by atomic mass is 14.0. The normalized spacial score (nSPS) is 14.0. The van der Waals surface area contributed by atoms with Crippen LogP contribution in [-0.4, -0.2) is 0 Å². The molecular weight excluding hydrogens is 156 g/mol. The summed E-state index contributed by atoms with van der Waals surface area (Å²) in [5.74, 6) is 0.557. The molecule has 0 bridgehead atoms. The van der Waals surface area contributed by atoms with Crippen LogP contribution in [0.4, 0.5) is 0 Å². The fourth-order valence-electron chi connectivity index (χ4n) is 1.18. The predicted octanol–water partition coefficient (Wildman–Crippen LogP) is 4.50. The van der Waals surface area contributed by atoms with Gasteiger partial charge in [-0.25, -0.2) is 0 Å². The van der Waals surface area contributed by atoms with Crippen molar-refractivity contribution in [3.05, 3.63) is 37.0 Å². The first-order chi connectivity index (χ1) is 6.35. The van der Waals surface area contributed by atoms with E-state index in [0.29, 0.717) is 5.92 Å². The summed E-state index contributed by atoms with van der Waals surface area (Å²) in [7, 11) is 0. The molecule has 0 aliphatic carbocycles. The Labute approximate surface area is 83.0 Å². The zero-order valence-electron chi connectivity index (χ0n) is 9.00. The van der Waals surface area contributed by atoms with E-state index in [2.05, 4.69) is 44.7 Å². The molecule has 1 atom stereocenters. The fourth-order valence-corrected chi connectivity index (χ4v) is 1.18. The van der Waals surface area contributed by atoms with Crippen molar-refractivity contribution in [1.82, 2.24) is 0 Å². The van der Waals surface area contributed by atoms with Gasteiger partial charge in [-0.2, -0.15) is 0 Å². The van der Waals surface area contributed by atoms with E-state index in [-0.39, 0.29) is 0 Å². The Morgan fingerprint density at radius 1 is 1.08 bits per heavy atom. The molecule has 0 N–H and O–H groups in total. The summed E-state index contributed by atoms with van der Waals surface area (Å²) in [6.07, 6.45) is 15.6. The largest absolute Gasteiger partial charge is 0.102 e. The number of hydrogen-bond acceptors (Lipinski definition) is 0. The second-order valence-electron chi connectivity index (χ2n) is 3.19. The van der Waals surface area contributed by atoms with E-state index in [1.54, 1.807) is 0 Å². The van der Waals surface area contributed by atoms with E-state index in [4.69, 9.17) is 0 Å². The molecule has 0 aromatic heterocycles. The van der Waals surface area contributed by atoms with Crippen molar-refractivity contribution in [1.29, 1.82) is 0 Å². The molecule has 0 saturated carbocycles. The molecule has 74 valence electrons. The summed E-state index contributed by atoms with van der Waals surface area (Å²) in [6.45, 7) is 8.16. The third kappa shape index (κ3) is 7.58. The van der Waals surface area contributed by atoms with Gasteiger partial charge in [0.05, 0.1) is 0 Å². The van der Waals surface area contributed by atoms with Gasteiger partial charge in [0.1, 0.15) is 0 Å². The highest BCUT2D eigenvalue weighted by Crippen LogP contribution is 2.10. The lowest BCUT2D eigenvalue weighted by molar-refractivity contribution is 0.720. The Balaban J connectivity index is 3.65. The van der Waals surface area contributed by atoms with E-state index >= 15 is 0 Å². The first-order valence-electron chi connectivity index (χ1n) is 5.29. The van der Waals surface area contributed by atoms with E-state index in [1.807, 2.05) is 6.08 Å². The van der Waals surface area contributed by atoms with Crippen molar-refractivity contribution < 1.29 is 0 Å². The summed E-state index contributed by atoms with van der Waals surface area (Å²) in [6, 6.07) is 0. The van der Waals surface area contributed by atoms with Crippen molar-refractivity contribution >= 4 is 0 Å². The van der Waals surface area contributed by atoms with Gasteiger partial charge >= 0.3 is 0 Å². The molecule has 0 radical (unpaired) electrons. The topological polar surface area (TPSA) is 0 Å². The smallest absolute Gasteiger partial charge is 0.00532 e. The molecule has 0 saturated heterocycles. The minimum atomic E-state index is 0.557. The van der Waals surface area contributed by atoms with Crippen molar-refractivity contribution in [2.75, 3.05) is 0 Å². The maximum Gasteiger partial charge on any atom is -0.00532 e. The molecule has 0 aliphatic heterocycles. The summed E-state index contributed by atoms with van der Waals surface area (Å²) in [5, 5.41) is 0. The first kappa shape index (κ1) is 12.2. The molecular formula is C13H22. The minimum absolute atomic E-state index is 0.557. The monoisotopic (exact) mass is 178 g/mol. The molecule has 13 heavy (non-hydrogen) atoms. The molecule has 0 aromatic rings. The standard InChI is InChI=1S/C13H22/c1-4-7-9-10-12-13(6-3)11-8-5-2/h6-9,11,13H,3-5,10,12H2,1-2H3/b9-7-,11-8+. The molecule has 0 rings (SSSR count). The van der Waals surface area contributed by atoms with E-state index in [1.165, 1.54) is 12.8 Å². The van der Waals surface area contributed by atoms with Gasteiger partial charge in [0, 0.05) is 0 Å². The molecule has 0 spiro atoms. The van der Waals surface area contributed by atoms with E-state index in [9.17, 15) is 0 Å². The fraction of sp³-hybridized carbons (Fsp3) is 0.538. The first-order valence-corrected chi connectivity index (χ1v) is 5.29. The highest BCUT2D eigenvalue weighted by Gasteiger charge is 1.95. The summed E-state index contributed by atoms with van der Waals surface area (Å²) >= 11 is 0. The molecule has 0 fully saturated rings. The molecule has 0 aromatic carbocycles. The lowest BCUT2D eigenvalue weighted by Gasteiger charge is -2.03. The Bertz CT molecular complexity index is 163. The molecule has 0 aliphatic rings. The quantitative estimate of drug-likeness (QED) is 0.503. The van der Waals surface area contributed by atoms with Gasteiger partial charge in [-0.15, -0.1) is 6.58 Å². The van der Waals surface area contributed by atoms with Crippen LogP contribution in [0.2, 0.25) is 0 Å². The summed E-state index contributed by atoms with van der Waals surface area (Å²) in [4.78, 5) is 0. The second-order valence-corrected chi connectivity index (χ2v) is 3.19. The number of allylic oxidation sites excluding steroid dienone is 5. The lowest BCUT2D eigenvalue weighted by Crippen LogP contribution is -1.89. The van der Waals surface area contributed by atoms with Gasteiger partial charge in [-0.1, -0.05) is 44.2 Å². The zero-order chi connectivity index (χ0) is 9.94. The Morgan fingerprint density at radius 2 is 1.77 bits per heavy atom. The molecule has 0 heteroatoms. The summed E-state index contributed by atoms with van der Waals surface area (Å²) in [5.41, 5.74) is 0. The van der Waals surface area contributed by atoms with Gasteiger partial charge in [0.25, 0.3) is 0 Å². The van der Waals surface area contributed by atoms with Crippen LogP contribution in [0.15, 0.2) is 37.0 Å². The minimum Gasteiger partial charge on any atom is -0.102 e. The molecule has 0 amide bonds. The van der Waals surface area contributed by atoms with Crippen LogP contribution in [-0.2, 0) is 0 Å². The van der Waals surface area contributed by atoms with Crippen LogP contribution < -0.4 is 0 Å². The van der Waals surface area contributed by atoms with Gasteiger partial charge in [-0.3, -0.25) is 0 Å². The second kappa shape index (κ2) is 9.31. The van der Waals surface area contributed by atoms with E-state index in [0.717, 1.165) is 12.8 Å². The van der Waals surface area contributed by atoms with Crippen LogP contribution in [0, 0.1) is 5.92 Å². The highest BCUT2D eigenvalue weighted by molar-refractivity contribution is 4.97. The summed E-state index contributed by atoms with van der Waals surface area (Å²) < 4.78 is 0. The van der Waals surface area contributed by atoms with E-state index < -0.39 is 0 Å². The SMILES string of the molecule is C=CC(/C=C/CC)CC/C=C\CC. The third-order valence-corrected chi connectivity index (χ3v) is 1.99. The van der Waals surface area contributed by atoms with Gasteiger partial charge in [-0.05, 0) is 31.6 Å². The van der Waals surface area contributed by atoms with Crippen molar-refractivity contribution in [2.45, 2.75) is 39.5 Å². The number of rotatable bonds is 7. The Kier molecular flexibility index (Phi) is 8.75. The van der Waals surface area contributed by atoms with Crippen molar-refractivity contribution in [2.24, 2.45) is 5.92 Å². The molecule has 0 heterocycles. The average Bonchev–Trinajstić information content (AvgIpc) is 2.17. The predicted molar refractivity (Wildman–Crippen MR) is 61.8 cm³/mol. The van der Waals surface area contributed by atoms with Gasteiger partial charge in [0.2, 0.25) is 0 Å². The van der Waals surface area contributed by atoms with Crippen LogP contribution in [0.1, 0.15) is 39.5 Å². The van der Waals surface area contributed by atoms with Crippen molar-refractivity contribution in [3.63, 3.8) is 0 Å². The van der Waals surface area contributed by atoms with Crippen LogP contribution in [0.5, 0.6) is 0 Å². The third-order valence-electron chi connectivity index (χ3n) is 1.99. The maximum atomic E-state index is 3.84. The maximum absolute atomic E-state index is 3.84. The Hall–Kier alpha value is -0.780. The zero-order valence-corrected chi connectivity index (χ0v) is 9.00. The molecule has 0 nitrogen and oxygen atoms in total. The average molecular weight is 178 g/mol. The van der Waals surface area contributed by atoms with Gasteiger partial charge < -0.3 is 0 Å². The van der Waals surface area contributed by atoms with Crippen LogP contribution >= 0.6 is 0 Å². The molecule has 1 unspecified atom stereocenters. The lowest BCUT2D eigenvalue weighted by atomic mass is 10.0. The van der Waals surface area contributed by atoms with Crippen molar-refractivity contribution in [3.8, 4) is 0 Å².